The zero-order valence-electron chi connectivity index (χ0n) is 15.4. The monoisotopic (exact) mass is 362 g/mol. The first-order chi connectivity index (χ1) is 13.1. The highest BCUT2D eigenvalue weighted by Crippen LogP contribution is 2.24. The van der Waals surface area contributed by atoms with Gasteiger partial charge in [0.2, 0.25) is 0 Å². The van der Waals surface area contributed by atoms with E-state index in [1.165, 1.54) is 0 Å². The molecule has 1 aliphatic rings. The van der Waals surface area contributed by atoms with Gasteiger partial charge >= 0.3 is 5.97 Å². The number of rotatable bonds is 5. The molecule has 0 radical (unpaired) electrons. The number of ether oxygens (including phenoxy) is 1. The van der Waals surface area contributed by atoms with E-state index in [9.17, 15) is 4.79 Å². The molecule has 3 rings (SSSR count). The third-order valence-electron chi connectivity index (χ3n) is 4.35. The molecule has 0 saturated heterocycles. The third kappa shape index (κ3) is 4.06. The van der Waals surface area contributed by atoms with Crippen molar-refractivity contribution in [3.8, 4) is 11.3 Å². The van der Waals surface area contributed by atoms with Crippen LogP contribution in [0.15, 0.2) is 65.3 Å². The van der Waals surface area contributed by atoms with Crippen molar-refractivity contribution in [3.05, 3.63) is 77.0 Å². The molecule has 0 saturated carbocycles. The first-order valence-electron chi connectivity index (χ1n) is 8.78. The van der Waals surface area contributed by atoms with Crippen molar-refractivity contribution in [2.45, 2.75) is 20.3 Å². The summed E-state index contributed by atoms with van der Waals surface area (Å²) < 4.78 is 5.04. The molecule has 1 heterocycles. The van der Waals surface area contributed by atoms with E-state index >= 15 is 0 Å². The molecule has 1 aromatic heterocycles. The lowest BCUT2D eigenvalue weighted by molar-refractivity contribution is 0.0518. The normalized spacial score (nSPS) is 16.2. The van der Waals surface area contributed by atoms with E-state index in [-0.39, 0.29) is 5.97 Å². The summed E-state index contributed by atoms with van der Waals surface area (Å²) in [5.74, 6) is 5.04. The molecule has 1 aliphatic carbocycles. The molecule has 0 fully saturated rings. The molecule has 0 amide bonds. The van der Waals surface area contributed by atoms with Crippen molar-refractivity contribution in [1.82, 2.24) is 10.2 Å². The van der Waals surface area contributed by atoms with Crippen molar-refractivity contribution < 1.29 is 9.53 Å². The second kappa shape index (κ2) is 8.31. The minimum Gasteiger partial charge on any atom is -0.461 e. The summed E-state index contributed by atoms with van der Waals surface area (Å²) >= 11 is 0. The van der Waals surface area contributed by atoms with Crippen LogP contribution in [-0.4, -0.2) is 28.5 Å². The lowest BCUT2D eigenvalue weighted by Crippen LogP contribution is -2.06. The van der Waals surface area contributed by atoms with Gasteiger partial charge in [-0.3, -0.25) is 5.10 Å². The summed E-state index contributed by atoms with van der Waals surface area (Å²) in [4.78, 5) is 11.9. The van der Waals surface area contributed by atoms with Crippen LogP contribution in [0.3, 0.4) is 0 Å². The SMILES string of the molecule is CCOC(=O)c1[nH]nc(-c2ccc(C/C=C3/C=CC=C/C3=N/N)cc2)c1C. The maximum absolute atomic E-state index is 11.9. The van der Waals surface area contributed by atoms with Crippen LogP contribution in [0.5, 0.6) is 0 Å². The summed E-state index contributed by atoms with van der Waals surface area (Å²) in [5.41, 5.74) is 5.81. The number of hydrogen-bond acceptors (Lipinski definition) is 5. The van der Waals surface area contributed by atoms with Gasteiger partial charge in [-0.15, -0.1) is 0 Å². The predicted octanol–water partition coefficient (Wildman–Crippen LogP) is 3.47. The van der Waals surface area contributed by atoms with Gasteiger partial charge in [-0.25, -0.2) is 4.79 Å². The number of carbonyl (C=O) groups excluding carboxylic acids is 1. The highest BCUT2D eigenvalue weighted by molar-refractivity contribution is 6.11. The van der Waals surface area contributed by atoms with Gasteiger partial charge in [-0.2, -0.15) is 10.2 Å². The van der Waals surface area contributed by atoms with Crippen molar-refractivity contribution in [2.75, 3.05) is 6.61 Å². The summed E-state index contributed by atoms with van der Waals surface area (Å²) in [6.07, 6.45) is 10.6. The number of nitrogens with zero attached hydrogens (tertiary/aromatic N) is 2. The molecule has 0 aliphatic heterocycles. The van der Waals surface area contributed by atoms with E-state index in [2.05, 4.69) is 21.4 Å². The molecule has 27 heavy (non-hydrogen) atoms. The molecule has 138 valence electrons. The summed E-state index contributed by atoms with van der Waals surface area (Å²) in [7, 11) is 0. The van der Waals surface area contributed by atoms with Crippen LogP contribution in [-0.2, 0) is 11.2 Å². The highest BCUT2D eigenvalue weighted by Gasteiger charge is 2.17. The average molecular weight is 362 g/mol. The second-order valence-corrected chi connectivity index (χ2v) is 6.09. The molecule has 0 bridgehead atoms. The smallest absolute Gasteiger partial charge is 0.356 e. The van der Waals surface area contributed by atoms with Gasteiger partial charge in [0.05, 0.1) is 18.0 Å². The van der Waals surface area contributed by atoms with Gasteiger partial charge in [-0.1, -0.05) is 48.6 Å². The Morgan fingerprint density at radius 2 is 2.00 bits per heavy atom. The number of esters is 1. The molecule has 1 aromatic carbocycles. The Bertz CT molecular complexity index is 947. The van der Waals surface area contributed by atoms with Crippen molar-refractivity contribution in [1.29, 1.82) is 0 Å². The standard InChI is InChI=1S/C21H22N4O2/c1-3-27-21(26)20-14(2)19(24-25-20)17-12-9-15(10-13-17)8-11-16-6-4-5-7-18(16)23-22/h4-7,9-13H,3,8,22H2,1-2H3,(H,24,25)/b16-11-,23-18-. The predicted molar refractivity (Wildman–Crippen MR) is 106 cm³/mol. The van der Waals surface area contributed by atoms with Gasteiger partial charge < -0.3 is 10.6 Å². The summed E-state index contributed by atoms with van der Waals surface area (Å²) in [6, 6.07) is 8.10. The number of allylic oxidation sites excluding steroid dienone is 6. The second-order valence-electron chi connectivity index (χ2n) is 6.09. The van der Waals surface area contributed by atoms with Crippen LogP contribution in [0.4, 0.5) is 0 Å². The average Bonchev–Trinajstić information content (AvgIpc) is 3.08. The first-order valence-corrected chi connectivity index (χ1v) is 8.78. The van der Waals surface area contributed by atoms with Crippen molar-refractivity contribution in [3.63, 3.8) is 0 Å². The lowest BCUT2D eigenvalue weighted by Gasteiger charge is -2.06. The Hall–Kier alpha value is -3.41. The van der Waals surface area contributed by atoms with E-state index < -0.39 is 0 Å². The molecular weight excluding hydrogens is 340 g/mol. The number of H-pyrrole nitrogens is 1. The van der Waals surface area contributed by atoms with Gasteiger partial charge in [0, 0.05) is 11.1 Å². The van der Waals surface area contributed by atoms with Crippen LogP contribution >= 0.6 is 0 Å². The Labute approximate surface area is 158 Å². The minimum atomic E-state index is -0.385. The number of nitrogens with two attached hydrogens (primary N) is 1. The first kappa shape index (κ1) is 18.4. The molecule has 0 unspecified atom stereocenters. The van der Waals surface area contributed by atoms with Gasteiger partial charge in [0.1, 0.15) is 5.69 Å². The molecule has 3 N–H and O–H groups in total. The zero-order chi connectivity index (χ0) is 19.2. The van der Waals surface area contributed by atoms with Crippen LogP contribution < -0.4 is 5.84 Å². The quantitative estimate of drug-likeness (QED) is 0.484. The fraction of sp³-hybridized carbons (Fsp3) is 0.190. The number of nitrogens with one attached hydrogen (secondary N) is 1. The Morgan fingerprint density at radius 1 is 1.26 bits per heavy atom. The number of hydrogen-bond donors (Lipinski definition) is 2. The van der Waals surface area contributed by atoms with Crippen LogP contribution in [0.1, 0.15) is 28.5 Å². The molecule has 6 heteroatoms. The van der Waals surface area contributed by atoms with Crippen LogP contribution in [0, 0.1) is 6.92 Å². The summed E-state index contributed by atoms with van der Waals surface area (Å²) in [6.45, 7) is 3.97. The zero-order valence-corrected chi connectivity index (χ0v) is 15.4. The fourth-order valence-electron chi connectivity index (χ4n) is 2.89. The number of aromatic amines is 1. The lowest BCUT2D eigenvalue weighted by atomic mass is 10.0. The number of aromatic nitrogens is 2. The number of benzene rings is 1. The summed E-state index contributed by atoms with van der Waals surface area (Å²) in [5, 5.41) is 10.8. The largest absolute Gasteiger partial charge is 0.461 e. The minimum absolute atomic E-state index is 0.332. The Kier molecular flexibility index (Phi) is 5.66. The number of carbonyl (C=O) groups is 1. The van der Waals surface area contributed by atoms with Gasteiger partial charge in [-0.05, 0) is 37.5 Å². The molecule has 0 atom stereocenters. The molecule has 6 nitrogen and oxygen atoms in total. The van der Waals surface area contributed by atoms with E-state index in [1.54, 1.807) is 6.92 Å². The van der Waals surface area contributed by atoms with E-state index in [4.69, 9.17) is 10.6 Å². The Balaban J connectivity index is 1.76. The number of hydrazone groups is 1. The van der Waals surface area contributed by atoms with Crippen molar-refractivity contribution in [2.24, 2.45) is 10.9 Å². The third-order valence-corrected chi connectivity index (χ3v) is 4.35. The molecule has 0 spiro atoms. The Morgan fingerprint density at radius 3 is 2.70 bits per heavy atom. The van der Waals surface area contributed by atoms with E-state index in [0.29, 0.717) is 12.3 Å². The van der Waals surface area contributed by atoms with Crippen LogP contribution in [0.2, 0.25) is 0 Å². The fourth-order valence-corrected chi connectivity index (χ4v) is 2.89. The highest BCUT2D eigenvalue weighted by atomic mass is 16.5. The van der Waals surface area contributed by atoms with Crippen LogP contribution in [0.25, 0.3) is 11.3 Å². The molecular formula is C21H22N4O2. The van der Waals surface area contributed by atoms with Gasteiger partial charge in [0.25, 0.3) is 0 Å². The van der Waals surface area contributed by atoms with Gasteiger partial charge in [0.15, 0.2) is 0 Å². The topological polar surface area (TPSA) is 93.4 Å². The van der Waals surface area contributed by atoms with E-state index in [1.807, 2.05) is 55.5 Å². The maximum atomic E-state index is 11.9. The van der Waals surface area contributed by atoms with Crippen molar-refractivity contribution >= 4 is 11.7 Å². The maximum Gasteiger partial charge on any atom is 0.356 e. The van der Waals surface area contributed by atoms with E-state index in [0.717, 1.165) is 40.1 Å². The molecule has 2 aromatic rings.